The van der Waals surface area contributed by atoms with Crippen molar-refractivity contribution in [1.82, 2.24) is 5.16 Å². The largest absolute Gasteiger partial charge is 0.478 e. The summed E-state index contributed by atoms with van der Waals surface area (Å²) in [5, 5.41) is 17.9. The number of nitrogens with zero attached hydrogens (tertiary/aromatic N) is 1. The Morgan fingerprint density at radius 1 is 1.37 bits per heavy atom. The Labute approximate surface area is 112 Å². The topological polar surface area (TPSA) is 104 Å². The van der Waals surface area contributed by atoms with Crippen molar-refractivity contribution >= 4 is 34.0 Å². The predicted octanol–water partition coefficient (Wildman–Crippen LogP) is 2.70. The minimum Gasteiger partial charge on any atom is -0.478 e. The molecular formula is C11H11N3O4S. The fraction of sp³-hybridized carbons (Fsp3) is 0.182. The van der Waals surface area contributed by atoms with Crippen molar-refractivity contribution in [2.24, 2.45) is 0 Å². The van der Waals surface area contributed by atoms with Crippen molar-refractivity contribution in [3.8, 4) is 0 Å². The summed E-state index contributed by atoms with van der Waals surface area (Å²) < 4.78 is 4.57. The molecule has 0 atom stereocenters. The first-order valence-corrected chi connectivity index (χ1v) is 6.11. The van der Waals surface area contributed by atoms with Gasteiger partial charge in [-0.25, -0.2) is 9.59 Å². The molecule has 8 heteroatoms. The fourth-order valence-electron chi connectivity index (χ4n) is 1.50. The zero-order chi connectivity index (χ0) is 14.0. The number of urea groups is 1. The van der Waals surface area contributed by atoms with E-state index in [0.29, 0.717) is 16.3 Å². The number of carboxylic acid groups (broad SMARTS) is 1. The quantitative estimate of drug-likeness (QED) is 0.802. The van der Waals surface area contributed by atoms with E-state index in [1.165, 1.54) is 23.8 Å². The summed E-state index contributed by atoms with van der Waals surface area (Å²) in [6.45, 7) is 3.51. The highest BCUT2D eigenvalue weighted by molar-refractivity contribution is 7.16. The van der Waals surface area contributed by atoms with E-state index in [4.69, 9.17) is 5.11 Å². The molecular weight excluding hydrogens is 270 g/mol. The van der Waals surface area contributed by atoms with Crippen LogP contribution in [-0.2, 0) is 0 Å². The third-order valence-corrected chi connectivity index (χ3v) is 3.64. The van der Waals surface area contributed by atoms with E-state index in [9.17, 15) is 9.59 Å². The number of hydrogen-bond donors (Lipinski definition) is 3. The molecule has 2 heterocycles. The SMILES string of the molecule is Cc1sc(NC(=O)Nc2cnoc2)c(C(=O)O)c1C. The summed E-state index contributed by atoms with van der Waals surface area (Å²) in [6, 6.07) is -0.549. The highest BCUT2D eigenvalue weighted by atomic mass is 32.1. The van der Waals surface area contributed by atoms with Crippen LogP contribution >= 0.6 is 11.3 Å². The lowest BCUT2D eigenvalue weighted by molar-refractivity contribution is 0.0697. The number of carbonyl (C=O) groups is 2. The number of rotatable bonds is 3. The zero-order valence-electron chi connectivity index (χ0n) is 10.2. The first kappa shape index (κ1) is 13.1. The molecule has 7 nitrogen and oxygen atoms in total. The number of anilines is 2. The van der Waals surface area contributed by atoms with Crippen LogP contribution in [0.3, 0.4) is 0 Å². The number of amides is 2. The summed E-state index contributed by atoms with van der Waals surface area (Å²) in [5.41, 5.74) is 1.15. The molecule has 2 amide bonds. The number of aromatic nitrogens is 1. The third kappa shape index (κ3) is 2.74. The number of nitrogens with one attached hydrogen (secondary N) is 2. The number of carbonyl (C=O) groups excluding carboxylic acids is 1. The predicted molar refractivity (Wildman–Crippen MR) is 69.9 cm³/mol. The number of carboxylic acids is 1. The van der Waals surface area contributed by atoms with Crippen LogP contribution in [-0.4, -0.2) is 22.3 Å². The Kier molecular flexibility index (Phi) is 3.52. The molecule has 2 aromatic rings. The van der Waals surface area contributed by atoms with Crippen LogP contribution in [0.5, 0.6) is 0 Å². The van der Waals surface area contributed by atoms with E-state index in [1.807, 2.05) is 0 Å². The van der Waals surface area contributed by atoms with Gasteiger partial charge < -0.3 is 14.9 Å². The van der Waals surface area contributed by atoms with Gasteiger partial charge in [0.15, 0.2) is 0 Å². The normalized spacial score (nSPS) is 10.2. The van der Waals surface area contributed by atoms with Gasteiger partial charge in [0, 0.05) is 4.88 Å². The van der Waals surface area contributed by atoms with Crippen molar-refractivity contribution < 1.29 is 19.2 Å². The number of aryl methyl sites for hydroxylation is 1. The molecule has 0 bridgehead atoms. The monoisotopic (exact) mass is 281 g/mol. The maximum Gasteiger partial charge on any atom is 0.338 e. The molecule has 3 N–H and O–H groups in total. The summed E-state index contributed by atoms with van der Waals surface area (Å²) >= 11 is 1.22. The first-order valence-electron chi connectivity index (χ1n) is 5.29. The number of aromatic carboxylic acids is 1. The molecule has 0 aliphatic heterocycles. The molecule has 2 rings (SSSR count). The van der Waals surface area contributed by atoms with Gasteiger partial charge in [0.2, 0.25) is 0 Å². The van der Waals surface area contributed by atoms with Crippen molar-refractivity contribution in [2.45, 2.75) is 13.8 Å². The molecule has 100 valence electrons. The Morgan fingerprint density at radius 2 is 2.11 bits per heavy atom. The zero-order valence-corrected chi connectivity index (χ0v) is 11.0. The van der Waals surface area contributed by atoms with Crippen LogP contribution in [0.1, 0.15) is 20.8 Å². The standard InChI is InChI=1S/C11H11N3O4S/c1-5-6(2)19-9(8(5)10(15)16)14-11(17)13-7-3-12-18-4-7/h3-4H,1-2H3,(H,15,16)(H2,13,14,17). The summed E-state index contributed by atoms with van der Waals surface area (Å²) in [6.07, 6.45) is 2.60. The molecule has 0 saturated heterocycles. The van der Waals surface area contributed by atoms with Crippen molar-refractivity contribution in [3.63, 3.8) is 0 Å². The molecule has 0 radical (unpaired) electrons. The lowest BCUT2D eigenvalue weighted by atomic mass is 10.1. The first-order chi connectivity index (χ1) is 8.99. The van der Waals surface area contributed by atoms with E-state index in [1.54, 1.807) is 13.8 Å². The van der Waals surface area contributed by atoms with Crippen LogP contribution in [0.25, 0.3) is 0 Å². The van der Waals surface area contributed by atoms with Gasteiger partial charge in [-0.2, -0.15) is 0 Å². The van der Waals surface area contributed by atoms with Gasteiger partial charge in [-0.1, -0.05) is 5.16 Å². The van der Waals surface area contributed by atoms with E-state index in [2.05, 4.69) is 20.3 Å². The highest BCUT2D eigenvalue weighted by Gasteiger charge is 2.20. The minimum absolute atomic E-state index is 0.114. The van der Waals surface area contributed by atoms with Gasteiger partial charge in [-0.15, -0.1) is 11.3 Å². The maximum atomic E-state index is 11.7. The van der Waals surface area contributed by atoms with Crippen molar-refractivity contribution in [1.29, 1.82) is 0 Å². The average Bonchev–Trinajstić information content (AvgIpc) is 2.88. The van der Waals surface area contributed by atoms with Crippen LogP contribution in [0, 0.1) is 13.8 Å². The van der Waals surface area contributed by atoms with Crippen LogP contribution in [0.4, 0.5) is 15.5 Å². The lowest BCUT2D eigenvalue weighted by Gasteiger charge is -2.04. The molecule has 19 heavy (non-hydrogen) atoms. The average molecular weight is 281 g/mol. The second-order valence-corrected chi connectivity index (χ2v) is 5.01. The Morgan fingerprint density at radius 3 is 2.68 bits per heavy atom. The highest BCUT2D eigenvalue weighted by Crippen LogP contribution is 2.32. The molecule has 0 unspecified atom stereocenters. The smallest absolute Gasteiger partial charge is 0.338 e. The number of thiophene rings is 1. The van der Waals surface area contributed by atoms with Crippen LogP contribution in [0.2, 0.25) is 0 Å². The number of hydrogen-bond acceptors (Lipinski definition) is 5. The second-order valence-electron chi connectivity index (χ2n) is 3.78. The van der Waals surface area contributed by atoms with Gasteiger partial charge in [-0.3, -0.25) is 5.32 Å². The molecule has 0 aliphatic carbocycles. The molecule has 2 aromatic heterocycles. The van der Waals surface area contributed by atoms with Gasteiger partial charge in [-0.05, 0) is 19.4 Å². The Balaban J connectivity index is 2.17. The molecule has 0 saturated carbocycles. The van der Waals surface area contributed by atoms with E-state index in [0.717, 1.165) is 4.88 Å². The maximum absolute atomic E-state index is 11.7. The lowest BCUT2D eigenvalue weighted by Crippen LogP contribution is -2.19. The van der Waals surface area contributed by atoms with Gasteiger partial charge in [0.1, 0.15) is 17.0 Å². The Bertz CT molecular complexity index is 618. The Hall–Kier alpha value is -2.35. The molecule has 0 spiro atoms. The molecule has 0 aliphatic rings. The van der Waals surface area contributed by atoms with E-state index in [-0.39, 0.29) is 5.56 Å². The molecule has 0 aromatic carbocycles. The van der Waals surface area contributed by atoms with Crippen LogP contribution < -0.4 is 10.6 Å². The fourth-order valence-corrected chi connectivity index (χ4v) is 2.55. The van der Waals surface area contributed by atoms with Crippen molar-refractivity contribution in [2.75, 3.05) is 10.6 Å². The second kappa shape index (κ2) is 5.11. The van der Waals surface area contributed by atoms with Crippen molar-refractivity contribution in [3.05, 3.63) is 28.5 Å². The van der Waals surface area contributed by atoms with Gasteiger partial charge >= 0.3 is 12.0 Å². The summed E-state index contributed by atoms with van der Waals surface area (Å²) in [4.78, 5) is 23.7. The van der Waals surface area contributed by atoms with E-state index < -0.39 is 12.0 Å². The minimum atomic E-state index is -1.07. The van der Waals surface area contributed by atoms with Gasteiger partial charge in [0.25, 0.3) is 0 Å². The summed E-state index contributed by atoms with van der Waals surface area (Å²) in [5.74, 6) is -1.07. The summed E-state index contributed by atoms with van der Waals surface area (Å²) in [7, 11) is 0. The third-order valence-electron chi connectivity index (χ3n) is 2.52. The van der Waals surface area contributed by atoms with Crippen LogP contribution in [0.15, 0.2) is 17.0 Å². The van der Waals surface area contributed by atoms with Gasteiger partial charge in [0.05, 0.1) is 11.8 Å². The molecule has 0 fully saturated rings. The van der Waals surface area contributed by atoms with E-state index >= 15 is 0 Å².